The van der Waals surface area contributed by atoms with Gasteiger partial charge in [0.1, 0.15) is 5.84 Å². The first-order valence-corrected chi connectivity index (χ1v) is 7.64. The van der Waals surface area contributed by atoms with E-state index < -0.39 is 5.37 Å². The van der Waals surface area contributed by atoms with Crippen molar-refractivity contribution in [2.24, 2.45) is 11.7 Å². The topological polar surface area (TPSA) is 73.3 Å². The molecule has 1 atom stereocenters. The van der Waals surface area contributed by atoms with Gasteiger partial charge in [-0.05, 0) is 28.3 Å². The number of allylic oxidation sites excluding steroid dienone is 1. The molecule has 0 spiro atoms. The van der Waals surface area contributed by atoms with E-state index in [2.05, 4.69) is 15.9 Å². The number of halogens is 1. The number of rotatable bonds is 3. The predicted octanol–water partition coefficient (Wildman–Crippen LogP) is 3.22. The van der Waals surface area contributed by atoms with Gasteiger partial charge < -0.3 is 5.73 Å². The van der Waals surface area contributed by atoms with E-state index in [0.717, 1.165) is 21.0 Å². The molecule has 0 radical (unpaired) electrons. The zero-order valence-electron chi connectivity index (χ0n) is 9.66. The van der Waals surface area contributed by atoms with Crippen molar-refractivity contribution in [1.82, 2.24) is 5.06 Å². The number of nitrogens with two attached hydrogens (primary N) is 1. The summed E-state index contributed by atoms with van der Waals surface area (Å²) in [5.74, 6) is 0.653. The summed E-state index contributed by atoms with van der Waals surface area (Å²) in [7, 11) is 0. The maximum absolute atomic E-state index is 10.0. The van der Waals surface area contributed by atoms with Crippen molar-refractivity contribution in [3.05, 3.63) is 9.51 Å². The van der Waals surface area contributed by atoms with Gasteiger partial charge in [-0.25, -0.2) is 5.06 Å². The number of hydrogen-bond donors (Lipinski definition) is 3. The normalized spacial score (nSPS) is 26.7. The highest BCUT2D eigenvalue weighted by atomic mass is 79.9. The summed E-state index contributed by atoms with van der Waals surface area (Å²) in [5.41, 5.74) is 6.35. The van der Waals surface area contributed by atoms with Crippen molar-refractivity contribution in [1.29, 1.82) is 5.41 Å². The fourth-order valence-electron chi connectivity index (χ4n) is 2.48. The Bertz CT molecular complexity index is 342. The number of hydroxylamine groups is 2. The summed E-state index contributed by atoms with van der Waals surface area (Å²) in [6.07, 6.45) is 7.30. The van der Waals surface area contributed by atoms with Crippen LogP contribution in [0.5, 0.6) is 0 Å². The van der Waals surface area contributed by atoms with Gasteiger partial charge in [-0.3, -0.25) is 10.6 Å². The lowest BCUT2D eigenvalue weighted by Crippen LogP contribution is -2.36. The van der Waals surface area contributed by atoms with E-state index in [1.165, 1.54) is 43.9 Å². The maximum atomic E-state index is 10.0. The molecule has 0 saturated heterocycles. The minimum absolute atomic E-state index is 0.00639. The number of amidine groups is 1. The second-order valence-corrected chi connectivity index (χ2v) is 7.11. The number of thioether (sulfide) groups is 1. The standard InChI is InChI=1S/C11H18BrN3OS/c12-9-8(6-7-4-2-1-3-5-7)15(16)11(17-9)10(13)14/h7,11,16H,1-6H2,(H3,13,14). The second kappa shape index (κ2) is 5.63. The molecular formula is C11H18BrN3OS. The second-order valence-electron chi connectivity index (χ2n) is 4.70. The first kappa shape index (κ1) is 13.2. The van der Waals surface area contributed by atoms with Crippen LogP contribution in [0.2, 0.25) is 0 Å². The van der Waals surface area contributed by atoms with E-state index in [-0.39, 0.29) is 5.84 Å². The number of nitrogens with one attached hydrogen (secondary N) is 1. The highest BCUT2D eigenvalue weighted by molar-refractivity contribution is 9.14. The third-order valence-electron chi connectivity index (χ3n) is 3.41. The number of hydrogen-bond acceptors (Lipinski definition) is 4. The molecule has 96 valence electrons. The van der Waals surface area contributed by atoms with Crippen LogP contribution in [0.1, 0.15) is 38.5 Å². The zero-order valence-corrected chi connectivity index (χ0v) is 12.1. The van der Waals surface area contributed by atoms with Gasteiger partial charge in [0.05, 0.1) is 9.51 Å². The minimum atomic E-state index is -0.456. The average Bonchev–Trinajstić information content (AvgIpc) is 2.58. The molecule has 4 nitrogen and oxygen atoms in total. The van der Waals surface area contributed by atoms with Crippen LogP contribution >= 0.6 is 27.7 Å². The van der Waals surface area contributed by atoms with Crippen LogP contribution in [0, 0.1) is 11.3 Å². The third kappa shape index (κ3) is 2.98. The molecule has 0 bridgehead atoms. The smallest absolute Gasteiger partial charge is 0.163 e. The van der Waals surface area contributed by atoms with Crippen molar-refractivity contribution < 1.29 is 5.21 Å². The summed E-state index contributed by atoms with van der Waals surface area (Å²) in [4.78, 5) is 0. The fraction of sp³-hybridized carbons (Fsp3) is 0.727. The van der Waals surface area contributed by atoms with Crippen LogP contribution in [0.3, 0.4) is 0 Å². The van der Waals surface area contributed by atoms with Gasteiger partial charge in [-0.1, -0.05) is 43.9 Å². The van der Waals surface area contributed by atoms with Gasteiger partial charge >= 0.3 is 0 Å². The number of nitrogens with zero attached hydrogens (tertiary/aromatic N) is 1. The Morgan fingerprint density at radius 2 is 2.12 bits per heavy atom. The average molecular weight is 320 g/mol. The van der Waals surface area contributed by atoms with Crippen LogP contribution < -0.4 is 5.73 Å². The van der Waals surface area contributed by atoms with Gasteiger partial charge in [0.15, 0.2) is 5.37 Å². The summed E-state index contributed by atoms with van der Waals surface area (Å²) in [5, 5.41) is 18.2. The Morgan fingerprint density at radius 1 is 1.47 bits per heavy atom. The van der Waals surface area contributed by atoms with Crippen molar-refractivity contribution >= 4 is 33.5 Å². The predicted molar refractivity (Wildman–Crippen MR) is 74.1 cm³/mol. The highest BCUT2D eigenvalue weighted by Gasteiger charge is 2.34. The molecular weight excluding hydrogens is 302 g/mol. The Hall–Kier alpha value is -0.200. The van der Waals surface area contributed by atoms with Crippen LogP contribution in [0.25, 0.3) is 0 Å². The van der Waals surface area contributed by atoms with E-state index >= 15 is 0 Å². The van der Waals surface area contributed by atoms with E-state index in [4.69, 9.17) is 11.1 Å². The van der Waals surface area contributed by atoms with Gasteiger partial charge in [0.25, 0.3) is 0 Å². The molecule has 1 saturated carbocycles. The highest BCUT2D eigenvalue weighted by Crippen LogP contribution is 2.44. The summed E-state index contributed by atoms with van der Waals surface area (Å²) in [6.45, 7) is 0. The fourth-order valence-corrected chi connectivity index (χ4v) is 4.22. The molecule has 17 heavy (non-hydrogen) atoms. The van der Waals surface area contributed by atoms with E-state index in [0.29, 0.717) is 5.92 Å². The largest absolute Gasteiger partial charge is 0.385 e. The monoisotopic (exact) mass is 319 g/mol. The van der Waals surface area contributed by atoms with E-state index in [1.807, 2.05) is 0 Å². The van der Waals surface area contributed by atoms with Gasteiger partial charge in [-0.15, -0.1) is 0 Å². The molecule has 6 heteroatoms. The quantitative estimate of drug-likeness (QED) is 0.551. The minimum Gasteiger partial charge on any atom is -0.385 e. The Morgan fingerprint density at radius 3 is 2.65 bits per heavy atom. The molecule has 0 aromatic heterocycles. The van der Waals surface area contributed by atoms with Crippen LogP contribution in [-0.2, 0) is 0 Å². The lowest BCUT2D eigenvalue weighted by Gasteiger charge is -2.26. The van der Waals surface area contributed by atoms with Crippen LogP contribution in [-0.4, -0.2) is 21.5 Å². The lowest BCUT2D eigenvalue weighted by molar-refractivity contribution is -0.0526. The summed E-state index contributed by atoms with van der Waals surface area (Å²) >= 11 is 4.87. The molecule has 1 unspecified atom stereocenters. The van der Waals surface area contributed by atoms with E-state index in [1.54, 1.807) is 0 Å². The van der Waals surface area contributed by atoms with Crippen LogP contribution in [0.15, 0.2) is 9.51 Å². The molecule has 0 aromatic carbocycles. The zero-order chi connectivity index (χ0) is 12.4. The van der Waals surface area contributed by atoms with Crippen molar-refractivity contribution in [3.63, 3.8) is 0 Å². The van der Waals surface area contributed by atoms with E-state index in [9.17, 15) is 5.21 Å². The first-order valence-electron chi connectivity index (χ1n) is 5.97. The molecule has 1 heterocycles. The SMILES string of the molecule is N=C(N)C1SC(Br)=C(CC2CCCCC2)N1O. The molecule has 2 rings (SSSR count). The third-order valence-corrected chi connectivity index (χ3v) is 5.55. The first-order chi connectivity index (χ1) is 8.09. The molecule has 0 amide bonds. The molecule has 1 aliphatic carbocycles. The summed E-state index contributed by atoms with van der Waals surface area (Å²) in [6, 6.07) is 0. The molecule has 1 aliphatic heterocycles. The Labute approximate surface area is 114 Å². The van der Waals surface area contributed by atoms with Gasteiger partial charge in [0, 0.05) is 0 Å². The van der Waals surface area contributed by atoms with Crippen molar-refractivity contribution in [3.8, 4) is 0 Å². The Kier molecular flexibility index (Phi) is 4.38. The Balaban J connectivity index is 1.99. The molecule has 0 aromatic rings. The molecule has 2 aliphatic rings. The van der Waals surface area contributed by atoms with Crippen LogP contribution in [0.4, 0.5) is 0 Å². The lowest BCUT2D eigenvalue weighted by atomic mass is 9.86. The van der Waals surface area contributed by atoms with Crippen molar-refractivity contribution in [2.45, 2.75) is 43.9 Å². The molecule has 1 fully saturated rings. The van der Waals surface area contributed by atoms with Gasteiger partial charge in [0.2, 0.25) is 0 Å². The van der Waals surface area contributed by atoms with Crippen molar-refractivity contribution in [2.75, 3.05) is 0 Å². The molecule has 4 N–H and O–H groups in total. The van der Waals surface area contributed by atoms with Gasteiger partial charge in [-0.2, -0.15) is 0 Å². The summed E-state index contributed by atoms with van der Waals surface area (Å²) < 4.78 is 0.922. The maximum Gasteiger partial charge on any atom is 0.163 e.